The molecule has 2 aromatic rings. The summed E-state index contributed by atoms with van der Waals surface area (Å²) in [7, 11) is -3.00. The molecule has 2 atom stereocenters. The zero-order valence-electron chi connectivity index (χ0n) is 17.1. The molecule has 2 saturated heterocycles. The van der Waals surface area contributed by atoms with Gasteiger partial charge in [-0.25, -0.2) is 13.4 Å². The number of aliphatic imine (C=N–C) groups is 1. The van der Waals surface area contributed by atoms with Crippen LogP contribution in [0, 0.1) is 0 Å². The third-order valence-corrected chi connectivity index (χ3v) is 9.28. The molecule has 1 N–H and O–H groups in total. The molecule has 168 valence electrons. The van der Waals surface area contributed by atoms with Crippen LogP contribution in [0.4, 0.5) is 11.5 Å². The third-order valence-electron chi connectivity index (χ3n) is 5.81. The number of fused-ring (bicyclic) bond motifs is 1. The smallest absolute Gasteiger partial charge is 0.254 e. The minimum Gasteiger partial charge on any atom is -0.353 e. The summed E-state index contributed by atoms with van der Waals surface area (Å²) in [6, 6.07) is 10.8. The molecule has 1 aromatic carbocycles. The summed E-state index contributed by atoms with van der Waals surface area (Å²) in [6.45, 7) is 2.67. The molecule has 0 radical (unpaired) electrons. The van der Waals surface area contributed by atoms with E-state index in [0.29, 0.717) is 34.5 Å². The van der Waals surface area contributed by atoms with E-state index >= 15 is 0 Å². The molecule has 0 saturated carbocycles. The number of halogens is 1. The van der Waals surface area contributed by atoms with Gasteiger partial charge >= 0.3 is 0 Å². The standard InChI is InChI=1S/C21H22ClN5O3S2/c22-15-5-4-14(11-16(15)24-21-25-17-12-32(29,30)13-18(17)31-21)20(28)27-9-7-26(8-10-27)19-3-1-2-6-23-19/h1-6,11,17-18H,7-10,12-13H2,(H,24,25)/t17-,18-/m1/s1. The van der Waals surface area contributed by atoms with Gasteiger partial charge in [-0.15, -0.1) is 0 Å². The fourth-order valence-electron chi connectivity index (χ4n) is 4.15. The zero-order valence-corrected chi connectivity index (χ0v) is 19.5. The van der Waals surface area contributed by atoms with E-state index in [9.17, 15) is 13.2 Å². The van der Waals surface area contributed by atoms with Gasteiger partial charge in [0.25, 0.3) is 5.91 Å². The van der Waals surface area contributed by atoms with Crippen LogP contribution in [0.1, 0.15) is 10.4 Å². The molecule has 3 aliphatic rings. The molecule has 3 aliphatic heterocycles. The van der Waals surface area contributed by atoms with Crippen LogP contribution in [0.25, 0.3) is 0 Å². The van der Waals surface area contributed by atoms with Crippen molar-refractivity contribution in [2.24, 2.45) is 4.99 Å². The Labute approximate surface area is 196 Å². The van der Waals surface area contributed by atoms with Crippen LogP contribution in [0.15, 0.2) is 47.6 Å². The van der Waals surface area contributed by atoms with Gasteiger partial charge in [0.1, 0.15) is 5.82 Å². The Morgan fingerprint density at radius 1 is 1.12 bits per heavy atom. The summed E-state index contributed by atoms with van der Waals surface area (Å²) < 4.78 is 23.5. The number of thioether (sulfide) groups is 1. The first-order chi connectivity index (χ1) is 15.4. The van der Waals surface area contributed by atoms with Crippen LogP contribution in [0.3, 0.4) is 0 Å². The number of carbonyl (C=O) groups excluding carboxylic acids is 1. The van der Waals surface area contributed by atoms with E-state index in [0.717, 1.165) is 18.9 Å². The van der Waals surface area contributed by atoms with Gasteiger partial charge in [-0.3, -0.25) is 9.79 Å². The van der Waals surface area contributed by atoms with Gasteiger partial charge in [0.15, 0.2) is 15.0 Å². The molecule has 4 heterocycles. The van der Waals surface area contributed by atoms with Gasteiger partial charge in [-0.2, -0.15) is 0 Å². The van der Waals surface area contributed by atoms with Gasteiger partial charge in [-0.1, -0.05) is 29.4 Å². The molecule has 1 aromatic heterocycles. The quantitative estimate of drug-likeness (QED) is 0.704. The highest BCUT2D eigenvalue weighted by molar-refractivity contribution is 8.15. The molecule has 0 unspecified atom stereocenters. The molecule has 1 amide bonds. The Balaban J connectivity index is 1.25. The number of pyridine rings is 1. The van der Waals surface area contributed by atoms with Crippen molar-refractivity contribution in [2.75, 3.05) is 47.9 Å². The van der Waals surface area contributed by atoms with Crippen LogP contribution in [0.5, 0.6) is 0 Å². The Bertz CT molecular complexity index is 1170. The van der Waals surface area contributed by atoms with Crippen molar-refractivity contribution in [3.63, 3.8) is 0 Å². The Morgan fingerprint density at radius 2 is 1.94 bits per heavy atom. The van der Waals surface area contributed by atoms with Crippen molar-refractivity contribution in [3.05, 3.63) is 53.2 Å². The van der Waals surface area contributed by atoms with Gasteiger partial charge in [0.05, 0.1) is 28.3 Å². The molecule has 5 rings (SSSR count). The second kappa shape index (κ2) is 8.57. The molecule has 0 bridgehead atoms. The number of piperazine rings is 1. The number of amidine groups is 1. The molecule has 0 spiro atoms. The van der Waals surface area contributed by atoms with E-state index in [2.05, 4.69) is 20.2 Å². The second-order valence-corrected chi connectivity index (χ2v) is 11.8. The lowest BCUT2D eigenvalue weighted by atomic mass is 10.1. The topological polar surface area (TPSA) is 95.0 Å². The highest BCUT2D eigenvalue weighted by Gasteiger charge is 2.42. The molecular weight excluding hydrogens is 470 g/mol. The predicted molar refractivity (Wildman–Crippen MR) is 129 cm³/mol. The lowest BCUT2D eigenvalue weighted by molar-refractivity contribution is 0.0746. The van der Waals surface area contributed by atoms with E-state index in [4.69, 9.17) is 11.6 Å². The van der Waals surface area contributed by atoms with Crippen molar-refractivity contribution in [3.8, 4) is 0 Å². The number of anilines is 2. The number of carbonyl (C=O) groups is 1. The van der Waals surface area contributed by atoms with Gasteiger partial charge < -0.3 is 15.1 Å². The summed E-state index contributed by atoms with van der Waals surface area (Å²) in [4.78, 5) is 26.0. The van der Waals surface area contributed by atoms with E-state index < -0.39 is 9.84 Å². The lowest BCUT2D eigenvalue weighted by Crippen LogP contribution is -2.49. The zero-order chi connectivity index (χ0) is 22.3. The maximum atomic E-state index is 13.1. The van der Waals surface area contributed by atoms with Gasteiger partial charge in [0, 0.05) is 43.2 Å². The monoisotopic (exact) mass is 491 g/mol. The maximum absolute atomic E-state index is 13.1. The minimum atomic E-state index is -3.00. The third kappa shape index (κ3) is 4.44. The van der Waals surface area contributed by atoms with Crippen molar-refractivity contribution >= 4 is 55.8 Å². The first kappa shape index (κ1) is 21.5. The number of hydrogen-bond acceptors (Lipinski definition) is 8. The van der Waals surface area contributed by atoms with E-state index in [-0.39, 0.29) is 28.7 Å². The Hall–Kier alpha value is -2.30. The van der Waals surface area contributed by atoms with Crippen LogP contribution >= 0.6 is 23.4 Å². The van der Waals surface area contributed by atoms with Crippen LogP contribution in [-0.2, 0) is 9.84 Å². The summed E-state index contributed by atoms with van der Waals surface area (Å²) in [5, 5.41) is 4.26. The fraction of sp³-hybridized carbons (Fsp3) is 0.381. The SMILES string of the molecule is O=C(c1ccc(Cl)c(NC2=N[C@@H]3CS(=O)(=O)C[C@H]3S2)c1)N1CCN(c2ccccn2)CC1. The number of nitrogens with zero attached hydrogens (tertiary/aromatic N) is 4. The van der Waals surface area contributed by atoms with Crippen LogP contribution in [-0.4, -0.2) is 78.4 Å². The molecular formula is C21H22ClN5O3S2. The largest absolute Gasteiger partial charge is 0.353 e. The molecule has 32 heavy (non-hydrogen) atoms. The molecule has 11 heteroatoms. The second-order valence-electron chi connectivity index (χ2n) is 8.02. The van der Waals surface area contributed by atoms with Crippen molar-refractivity contribution in [2.45, 2.75) is 11.3 Å². The first-order valence-electron chi connectivity index (χ1n) is 10.3. The summed E-state index contributed by atoms with van der Waals surface area (Å²) in [6.07, 6.45) is 1.77. The number of hydrogen-bond donors (Lipinski definition) is 1. The number of aromatic nitrogens is 1. The van der Waals surface area contributed by atoms with E-state index in [1.54, 1.807) is 24.4 Å². The van der Waals surface area contributed by atoms with Gasteiger partial charge in [-0.05, 0) is 30.3 Å². The Kier molecular flexibility index (Phi) is 5.77. The highest BCUT2D eigenvalue weighted by atomic mass is 35.5. The maximum Gasteiger partial charge on any atom is 0.254 e. The summed E-state index contributed by atoms with van der Waals surface area (Å²) >= 11 is 7.78. The van der Waals surface area contributed by atoms with Crippen molar-refractivity contribution in [1.29, 1.82) is 0 Å². The molecule has 0 aliphatic carbocycles. The number of rotatable bonds is 3. The van der Waals surface area contributed by atoms with E-state index in [1.807, 2.05) is 23.1 Å². The number of sulfone groups is 1. The summed E-state index contributed by atoms with van der Waals surface area (Å²) in [5.41, 5.74) is 1.15. The van der Waals surface area contributed by atoms with Crippen molar-refractivity contribution in [1.82, 2.24) is 9.88 Å². The minimum absolute atomic E-state index is 0.0469. The van der Waals surface area contributed by atoms with Crippen molar-refractivity contribution < 1.29 is 13.2 Å². The predicted octanol–water partition coefficient (Wildman–Crippen LogP) is 2.38. The average molecular weight is 492 g/mol. The lowest BCUT2D eigenvalue weighted by Gasteiger charge is -2.35. The number of benzene rings is 1. The van der Waals surface area contributed by atoms with E-state index in [1.165, 1.54) is 11.8 Å². The van der Waals surface area contributed by atoms with Crippen LogP contribution in [0.2, 0.25) is 5.02 Å². The summed E-state index contributed by atoms with van der Waals surface area (Å²) in [5.74, 6) is 1.11. The first-order valence-corrected chi connectivity index (χ1v) is 13.4. The normalized spacial score (nSPS) is 24.2. The molecule has 2 fully saturated rings. The number of amides is 1. The number of nitrogens with one attached hydrogen (secondary N) is 1. The van der Waals surface area contributed by atoms with Crippen LogP contribution < -0.4 is 10.2 Å². The molecule has 8 nitrogen and oxygen atoms in total. The average Bonchev–Trinajstić information content (AvgIpc) is 3.28. The van der Waals surface area contributed by atoms with Gasteiger partial charge in [0.2, 0.25) is 0 Å². The highest BCUT2D eigenvalue weighted by Crippen LogP contribution is 2.35. The fourth-order valence-corrected chi connectivity index (χ4v) is 7.98. The Morgan fingerprint density at radius 3 is 2.66 bits per heavy atom.